The van der Waals surface area contributed by atoms with Gasteiger partial charge in [-0.25, -0.2) is 8.42 Å². The van der Waals surface area contributed by atoms with Crippen molar-refractivity contribution in [2.24, 2.45) is 0 Å². The van der Waals surface area contributed by atoms with E-state index in [1.807, 2.05) is 0 Å². The van der Waals surface area contributed by atoms with E-state index in [1.165, 1.54) is 22.6 Å². The average molecular weight is 335 g/mol. The molecule has 2 heterocycles. The lowest BCUT2D eigenvalue weighted by Gasteiger charge is -2.13. The van der Waals surface area contributed by atoms with Crippen LogP contribution in [-0.4, -0.2) is 41.8 Å². The van der Waals surface area contributed by atoms with Gasteiger partial charge in [-0.2, -0.15) is 4.31 Å². The minimum atomic E-state index is -3.56. The predicted molar refractivity (Wildman–Crippen MR) is 84.8 cm³/mol. The van der Waals surface area contributed by atoms with Crippen LogP contribution in [0.5, 0.6) is 5.75 Å². The van der Waals surface area contributed by atoms with Gasteiger partial charge in [0.2, 0.25) is 10.0 Å². The van der Waals surface area contributed by atoms with E-state index in [0.29, 0.717) is 13.1 Å². The molecule has 23 heavy (non-hydrogen) atoms. The molecule has 1 saturated heterocycles. The quantitative estimate of drug-likeness (QED) is 0.741. The highest BCUT2D eigenvalue weighted by atomic mass is 32.2. The summed E-state index contributed by atoms with van der Waals surface area (Å²) in [5, 5.41) is 12.2. The number of anilines is 1. The maximum Gasteiger partial charge on any atom is 0.272 e. The smallest absolute Gasteiger partial charge is 0.272 e. The van der Waals surface area contributed by atoms with Crippen LogP contribution < -0.4 is 5.32 Å². The van der Waals surface area contributed by atoms with E-state index in [1.54, 1.807) is 18.2 Å². The molecular formula is C15H17N3O4S. The van der Waals surface area contributed by atoms with Crippen LogP contribution in [0.3, 0.4) is 0 Å². The first kappa shape index (κ1) is 15.6. The van der Waals surface area contributed by atoms with Gasteiger partial charge in [0.1, 0.15) is 16.3 Å². The van der Waals surface area contributed by atoms with Crippen LogP contribution in [0.1, 0.15) is 23.3 Å². The second-order valence-corrected chi connectivity index (χ2v) is 7.27. The lowest BCUT2D eigenvalue weighted by atomic mass is 10.3. The van der Waals surface area contributed by atoms with Crippen LogP contribution in [0.2, 0.25) is 0 Å². The Labute approximate surface area is 134 Å². The summed E-state index contributed by atoms with van der Waals surface area (Å²) in [6.07, 6.45) is 3.02. The molecule has 122 valence electrons. The first-order valence-electron chi connectivity index (χ1n) is 7.26. The molecule has 3 N–H and O–H groups in total. The van der Waals surface area contributed by atoms with Gasteiger partial charge in [-0.1, -0.05) is 12.1 Å². The second-order valence-electron chi connectivity index (χ2n) is 5.33. The zero-order valence-electron chi connectivity index (χ0n) is 12.3. The fourth-order valence-electron chi connectivity index (χ4n) is 2.50. The second kappa shape index (κ2) is 6.05. The molecule has 3 rings (SSSR count). The van der Waals surface area contributed by atoms with E-state index in [2.05, 4.69) is 10.3 Å². The van der Waals surface area contributed by atoms with Crippen LogP contribution in [-0.2, 0) is 10.0 Å². The van der Waals surface area contributed by atoms with Crippen LogP contribution in [0, 0.1) is 0 Å². The van der Waals surface area contributed by atoms with Crippen molar-refractivity contribution < 1.29 is 18.3 Å². The number of aromatic amines is 1. The molecule has 1 aromatic carbocycles. The number of hydrogen-bond donors (Lipinski definition) is 3. The van der Waals surface area contributed by atoms with Gasteiger partial charge < -0.3 is 15.4 Å². The van der Waals surface area contributed by atoms with Crippen LogP contribution >= 0.6 is 0 Å². The Hall–Kier alpha value is -2.32. The topological polar surface area (TPSA) is 102 Å². The van der Waals surface area contributed by atoms with Crippen molar-refractivity contribution in [2.75, 3.05) is 18.4 Å². The molecular weight excluding hydrogens is 318 g/mol. The molecule has 1 fully saturated rings. The van der Waals surface area contributed by atoms with Crippen molar-refractivity contribution in [3.05, 3.63) is 42.2 Å². The molecule has 7 nitrogen and oxygen atoms in total. The minimum absolute atomic E-state index is 0.0580. The summed E-state index contributed by atoms with van der Waals surface area (Å²) in [5.74, 6) is -0.577. The number of hydrogen-bond acceptors (Lipinski definition) is 4. The number of nitrogens with one attached hydrogen (secondary N) is 2. The number of aromatic hydroxyl groups is 1. The number of benzene rings is 1. The van der Waals surface area contributed by atoms with E-state index in [9.17, 15) is 18.3 Å². The van der Waals surface area contributed by atoms with Crippen molar-refractivity contribution in [1.29, 1.82) is 0 Å². The molecule has 0 saturated carbocycles. The number of rotatable bonds is 4. The number of phenols is 1. The maximum absolute atomic E-state index is 12.4. The largest absolute Gasteiger partial charge is 0.506 e. The van der Waals surface area contributed by atoms with E-state index in [-0.39, 0.29) is 22.0 Å². The van der Waals surface area contributed by atoms with Crippen molar-refractivity contribution in [3.8, 4) is 5.75 Å². The van der Waals surface area contributed by atoms with Gasteiger partial charge in [-0.05, 0) is 31.0 Å². The Balaban J connectivity index is 1.79. The summed E-state index contributed by atoms with van der Waals surface area (Å²) in [6.45, 7) is 1.01. The predicted octanol–water partition coefficient (Wildman–Crippen LogP) is 1.76. The molecule has 0 bridgehead atoms. The molecule has 0 atom stereocenters. The Kier molecular flexibility index (Phi) is 4.10. The monoisotopic (exact) mass is 335 g/mol. The lowest BCUT2D eigenvalue weighted by Crippen LogP contribution is -2.27. The first-order chi connectivity index (χ1) is 11.0. The number of carbonyl (C=O) groups is 1. The molecule has 0 radical (unpaired) electrons. The summed E-state index contributed by atoms with van der Waals surface area (Å²) < 4.78 is 26.3. The normalized spacial score (nSPS) is 15.7. The fourth-order valence-corrected chi connectivity index (χ4v) is 4.01. The van der Waals surface area contributed by atoms with E-state index < -0.39 is 15.9 Å². The van der Waals surface area contributed by atoms with Crippen molar-refractivity contribution in [3.63, 3.8) is 0 Å². The zero-order chi connectivity index (χ0) is 16.4. The number of phenolic OH excluding ortho intramolecular Hbond substituents is 1. The van der Waals surface area contributed by atoms with Crippen LogP contribution in [0.25, 0.3) is 0 Å². The van der Waals surface area contributed by atoms with Gasteiger partial charge >= 0.3 is 0 Å². The molecule has 8 heteroatoms. The zero-order valence-corrected chi connectivity index (χ0v) is 13.1. The molecule has 1 amide bonds. The molecule has 2 aromatic rings. The van der Waals surface area contributed by atoms with Crippen LogP contribution in [0.15, 0.2) is 41.4 Å². The van der Waals surface area contributed by atoms with Gasteiger partial charge in [0.05, 0.1) is 5.69 Å². The highest BCUT2D eigenvalue weighted by Crippen LogP contribution is 2.24. The summed E-state index contributed by atoms with van der Waals surface area (Å²) in [6, 6.07) is 7.63. The standard InChI is InChI=1S/C15H17N3O4S/c19-14-6-2-1-5-12(14)17-15(20)13-9-11(10-16-13)23(21,22)18-7-3-4-8-18/h1-2,5-6,9-10,16,19H,3-4,7-8H2,(H,17,20). The number of sulfonamides is 1. The average Bonchev–Trinajstić information content (AvgIpc) is 3.21. The van der Waals surface area contributed by atoms with Crippen LogP contribution in [0.4, 0.5) is 5.69 Å². The Morgan fingerprint density at radius 3 is 2.61 bits per heavy atom. The third-order valence-electron chi connectivity index (χ3n) is 3.76. The van der Waals surface area contributed by atoms with Gasteiger partial charge in [-0.15, -0.1) is 0 Å². The maximum atomic E-state index is 12.4. The SMILES string of the molecule is O=C(Nc1ccccc1O)c1cc(S(=O)(=O)N2CCCC2)c[nH]1. The molecule has 0 aliphatic carbocycles. The Morgan fingerprint density at radius 2 is 1.91 bits per heavy atom. The van der Waals surface area contributed by atoms with Crippen molar-refractivity contribution in [2.45, 2.75) is 17.7 Å². The van der Waals surface area contributed by atoms with E-state index >= 15 is 0 Å². The fraction of sp³-hybridized carbons (Fsp3) is 0.267. The van der Waals surface area contributed by atoms with Gasteiger partial charge in [0, 0.05) is 19.3 Å². The number of aromatic nitrogens is 1. The Bertz CT molecular complexity index is 823. The summed E-state index contributed by atoms with van der Waals surface area (Å²) >= 11 is 0. The summed E-state index contributed by atoms with van der Waals surface area (Å²) in [4.78, 5) is 14.9. The van der Waals surface area contributed by atoms with Gasteiger partial charge in [-0.3, -0.25) is 4.79 Å². The number of carbonyl (C=O) groups excluding carboxylic acids is 1. The molecule has 1 aromatic heterocycles. The van der Waals surface area contributed by atoms with Gasteiger partial charge in [0.15, 0.2) is 0 Å². The number of nitrogens with zero attached hydrogens (tertiary/aromatic N) is 1. The third kappa shape index (κ3) is 3.08. The van der Waals surface area contributed by atoms with E-state index in [0.717, 1.165) is 12.8 Å². The van der Waals surface area contributed by atoms with Crippen molar-refractivity contribution >= 4 is 21.6 Å². The third-order valence-corrected chi connectivity index (χ3v) is 5.63. The van der Waals surface area contributed by atoms with E-state index in [4.69, 9.17) is 0 Å². The molecule has 0 spiro atoms. The number of amides is 1. The lowest BCUT2D eigenvalue weighted by molar-refractivity contribution is 0.102. The highest BCUT2D eigenvalue weighted by molar-refractivity contribution is 7.89. The van der Waals surface area contributed by atoms with Gasteiger partial charge in [0.25, 0.3) is 5.91 Å². The molecule has 1 aliphatic heterocycles. The Morgan fingerprint density at radius 1 is 1.22 bits per heavy atom. The summed E-state index contributed by atoms with van der Waals surface area (Å²) in [5.41, 5.74) is 0.377. The highest BCUT2D eigenvalue weighted by Gasteiger charge is 2.28. The van der Waals surface area contributed by atoms with Crippen molar-refractivity contribution in [1.82, 2.24) is 9.29 Å². The number of para-hydroxylation sites is 2. The number of H-pyrrole nitrogens is 1. The first-order valence-corrected chi connectivity index (χ1v) is 8.70. The minimum Gasteiger partial charge on any atom is -0.506 e. The molecule has 0 unspecified atom stereocenters. The summed E-state index contributed by atoms with van der Waals surface area (Å²) in [7, 11) is -3.56. The molecule has 1 aliphatic rings.